The van der Waals surface area contributed by atoms with Gasteiger partial charge in [0.1, 0.15) is 0 Å². The van der Waals surface area contributed by atoms with Crippen LogP contribution in [0.15, 0.2) is 35.1 Å². The summed E-state index contributed by atoms with van der Waals surface area (Å²) >= 11 is 0. The molecule has 17 heteroatoms. The molecular weight excluding hydrogens is 556 g/mol. The van der Waals surface area contributed by atoms with Crippen molar-refractivity contribution in [1.82, 2.24) is 31.0 Å². The van der Waals surface area contributed by atoms with Gasteiger partial charge in [0.2, 0.25) is 11.8 Å². The van der Waals surface area contributed by atoms with Crippen LogP contribution in [0.2, 0.25) is 0 Å². The Labute approximate surface area is 239 Å². The molecule has 226 valence electrons. The second kappa shape index (κ2) is 14.3. The maximum absolute atomic E-state index is 12.4. The zero-order valence-corrected chi connectivity index (χ0v) is 23.0. The van der Waals surface area contributed by atoms with Crippen LogP contribution < -0.4 is 26.0 Å². The van der Waals surface area contributed by atoms with Crippen LogP contribution >= 0.6 is 0 Å². The molecule has 2 aromatic heterocycles. The Kier molecular flexibility index (Phi) is 10.8. The van der Waals surface area contributed by atoms with Crippen molar-refractivity contribution in [3.05, 3.63) is 36.3 Å². The monoisotopic (exact) mass is 588 g/mol. The van der Waals surface area contributed by atoms with Gasteiger partial charge in [-0.3, -0.25) is 19.7 Å². The fourth-order valence-electron chi connectivity index (χ4n) is 3.35. The number of methoxy groups -OCH3 is 1. The number of carbonyl (C=O) groups excluding carboxylic acids is 3. The number of hydrogen-bond donors (Lipinski definition) is 8. The van der Waals surface area contributed by atoms with Gasteiger partial charge < -0.3 is 45.6 Å². The summed E-state index contributed by atoms with van der Waals surface area (Å²) in [6, 6.07) is 6.29. The van der Waals surface area contributed by atoms with Crippen LogP contribution in [0.1, 0.15) is 43.6 Å². The number of nitrogens with zero attached hydrogens (tertiary/aromatic N) is 4. The number of benzene rings is 1. The Morgan fingerprint density at radius 1 is 1.17 bits per heavy atom. The Bertz CT molecular complexity index is 1370. The first-order valence-corrected chi connectivity index (χ1v) is 12.8. The first-order valence-electron chi connectivity index (χ1n) is 12.8. The lowest BCUT2D eigenvalue weighted by Crippen LogP contribution is -2.48. The average molecular weight is 589 g/mol. The van der Waals surface area contributed by atoms with Crippen LogP contribution in [0.5, 0.6) is 5.75 Å². The number of amides is 3. The van der Waals surface area contributed by atoms with Crippen molar-refractivity contribution in [2.45, 2.75) is 45.3 Å². The highest BCUT2D eigenvalue weighted by atomic mass is 16.7. The second-order valence-corrected chi connectivity index (χ2v) is 9.11. The molecule has 1 aliphatic carbocycles. The molecule has 4 rings (SSSR count). The molecule has 17 nitrogen and oxygen atoms in total. The van der Waals surface area contributed by atoms with Gasteiger partial charge in [-0.1, -0.05) is 18.1 Å². The number of ether oxygens (including phenoxy) is 1. The molecule has 1 saturated carbocycles. The summed E-state index contributed by atoms with van der Waals surface area (Å²) in [7, 11) is 1.41. The van der Waals surface area contributed by atoms with Gasteiger partial charge in [0, 0.05) is 24.9 Å². The number of aromatic nitrogens is 4. The van der Waals surface area contributed by atoms with Gasteiger partial charge in [0.05, 0.1) is 30.2 Å². The van der Waals surface area contributed by atoms with E-state index in [4.69, 9.17) is 29.7 Å². The van der Waals surface area contributed by atoms with Gasteiger partial charge in [0.25, 0.3) is 11.8 Å². The van der Waals surface area contributed by atoms with E-state index in [9.17, 15) is 14.4 Å². The molecule has 0 bridgehead atoms. The van der Waals surface area contributed by atoms with Gasteiger partial charge >= 0.3 is 6.10 Å². The third-order valence-corrected chi connectivity index (χ3v) is 5.49. The molecule has 42 heavy (non-hydrogen) atoms. The van der Waals surface area contributed by atoms with E-state index in [1.54, 1.807) is 37.4 Å². The van der Waals surface area contributed by atoms with E-state index < -0.39 is 23.8 Å². The molecular formula is C25H32N8O9. The zero-order valence-electron chi connectivity index (χ0n) is 23.0. The van der Waals surface area contributed by atoms with Crippen LogP contribution in [0, 0.1) is 5.92 Å². The van der Waals surface area contributed by atoms with E-state index in [0.29, 0.717) is 24.2 Å². The smallest absolute Gasteiger partial charge is 0.369 e. The topological polar surface area (TPSA) is 254 Å². The number of para-hydroxylation sites is 1. The van der Waals surface area contributed by atoms with E-state index in [1.807, 2.05) is 0 Å². The number of rotatable bonds is 11. The maximum atomic E-state index is 12.4. The third-order valence-electron chi connectivity index (χ3n) is 5.49. The number of hydrogen-bond acceptors (Lipinski definition) is 14. The molecule has 0 radical (unpaired) electrons. The van der Waals surface area contributed by atoms with Gasteiger partial charge in [-0.2, -0.15) is 4.98 Å². The fourth-order valence-corrected chi connectivity index (χ4v) is 3.35. The highest BCUT2D eigenvalue weighted by Gasteiger charge is 2.31. The van der Waals surface area contributed by atoms with E-state index in [0.717, 1.165) is 12.8 Å². The molecule has 1 aliphatic rings. The Morgan fingerprint density at radius 3 is 2.48 bits per heavy atom. The predicted octanol–water partition coefficient (Wildman–Crippen LogP) is -0.161. The largest absolute Gasteiger partial charge is 0.494 e. The van der Waals surface area contributed by atoms with Crippen molar-refractivity contribution in [1.29, 1.82) is 0 Å². The van der Waals surface area contributed by atoms with Crippen LogP contribution in [-0.2, 0) is 9.59 Å². The molecule has 0 saturated heterocycles. The molecule has 2 heterocycles. The quantitative estimate of drug-likeness (QED) is 0.135. The lowest BCUT2D eigenvalue weighted by atomic mass is 10.1. The molecule has 3 amide bonds. The normalized spacial score (nSPS) is 13.2. The molecule has 3 aromatic rings. The first-order chi connectivity index (χ1) is 19.9. The number of aliphatic hydroxyl groups is 4. The number of carbonyl (C=O) groups is 3. The summed E-state index contributed by atoms with van der Waals surface area (Å²) in [6.45, 7) is 3.76. The van der Waals surface area contributed by atoms with Crippen LogP contribution in [0.25, 0.3) is 11.5 Å². The minimum Gasteiger partial charge on any atom is -0.494 e. The molecule has 1 atom stereocenters. The summed E-state index contributed by atoms with van der Waals surface area (Å²) in [5, 5.41) is 56.8. The second-order valence-electron chi connectivity index (χ2n) is 9.11. The summed E-state index contributed by atoms with van der Waals surface area (Å²) in [5.74, 6) is -0.986. The van der Waals surface area contributed by atoms with E-state index in [-0.39, 0.29) is 40.9 Å². The van der Waals surface area contributed by atoms with Crippen molar-refractivity contribution in [3.8, 4) is 17.2 Å². The van der Waals surface area contributed by atoms with Crippen LogP contribution in [-0.4, -0.2) is 84.3 Å². The van der Waals surface area contributed by atoms with Crippen molar-refractivity contribution in [2.75, 3.05) is 24.3 Å². The zero-order chi connectivity index (χ0) is 30.9. The molecule has 1 unspecified atom stereocenters. The molecule has 1 fully saturated rings. The summed E-state index contributed by atoms with van der Waals surface area (Å²) in [4.78, 5) is 39.0. The minimum absolute atomic E-state index is 0.0128. The molecule has 0 spiro atoms. The summed E-state index contributed by atoms with van der Waals surface area (Å²) in [5.41, 5.74) is 0.401. The number of aliphatic hydroxyl groups excluding tert-OH is 1. The van der Waals surface area contributed by atoms with Crippen LogP contribution in [0.3, 0.4) is 0 Å². The van der Waals surface area contributed by atoms with Gasteiger partial charge in [-0.15, -0.1) is 10.2 Å². The lowest BCUT2D eigenvalue weighted by Gasteiger charge is -2.18. The predicted molar refractivity (Wildman–Crippen MR) is 145 cm³/mol. The Morgan fingerprint density at radius 2 is 1.90 bits per heavy atom. The molecule has 8 N–H and O–H groups in total. The molecule has 0 aliphatic heterocycles. The van der Waals surface area contributed by atoms with Crippen molar-refractivity contribution in [2.24, 2.45) is 5.92 Å². The highest BCUT2D eigenvalue weighted by molar-refractivity contribution is 6.00. The first kappa shape index (κ1) is 31.8. The van der Waals surface area contributed by atoms with Gasteiger partial charge in [-0.05, 0) is 31.9 Å². The summed E-state index contributed by atoms with van der Waals surface area (Å²) < 4.78 is 10.6. The van der Waals surface area contributed by atoms with E-state index >= 15 is 0 Å². The summed E-state index contributed by atoms with van der Waals surface area (Å²) in [6.07, 6.45) is -0.673. The standard InChI is InChI=1S/C19H19N7O7.C6H13NO2/c1-32-15-10(18-20-8-21-33-18)3-2-4-11(15)22-12-7-13(23-16(27)9-5-6-9)25-26-14(12)17(28)24-19(29,30)31;1-3-6(9)7-4-5(2)8/h2-4,7-9,29-31H,5-6H2,1H3,(H,24,28)(H2,22,23,25,27);5,8H,3-4H2,1-2H3,(H,7,9). The third kappa shape index (κ3) is 9.44. The average Bonchev–Trinajstić information content (AvgIpc) is 3.65. The Hall–Kier alpha value is -4.71. The molecule has 1 aromatic carbocycles. The minimum atomic E-state index is -3.48. The SMILES string of the molecule is CCC(=O)NCC(C)O.COc1c(Nc2cc(NC(=O)C3CC3)nnc2C(=O)NC(O)(O)O)cccc1-c1ncno1. The maximum Gasteiger partial charge on any atom is 0.369 e. The highest BCUT2D eigenvalue weighted by Crippen LogP contribution is 2.37. The van der Waals surface area contributed by atoms with Crippen LogP contribution in [0.4, 0.5) is 17.2 Å². The van der Waals surface area contributed by atoms with Crippen molar-refractivity contribution in [3.63, 3.8) is 0 Å². The van der Waals surface area contributed by atoms with Crippen molar-refractivity contribution >= 4 is 34.9 Å². The number of anilines is 3. The Balaban J connectivity index is 0.000000467. The van der Waals surface area contributed by atoms with Gasteiger partial charge in [-0.25, -0.2) is 0 Å². The number of nitrogens with one attached hydrogen (secondary N) is 4. The van der Waals surface area contributed by atoms with E-state index in [1.165, 1.54) is 19.5 Å². The lowest BCUT2D eigenvalue weighted by molar-refractivity contribution is -0.323. The van der Waals surface area contributed by atoms with Gasteiger partial charge in [0.15, 0.2) is 23.6 Å². The van der Waals surface area contributed by atoms with Crippen molar-refractivity contribution < 1.29 is 44.1 Å². The fraction of sp³-hybridized carbons (Fsp3) is 0.400. The van der Waals surface area contributed by atoms with E-state index in [2.05, 4.69) is 36.3 Å².